The molecule has 112 valence electrons. The Morgan fingerprint density at radius 2 is 2.20 bits per heavy atom. The summed E-state index contributed by atoms with van der Waals surface area (Å²) in [5.74, 6) is 0.679. The van der Waals surface area contributed by atoms with E-state index >= 15 is 0 Å². The summed E-state index contributed by atoms with van der Waals surface area (Å²) >= 11 is 0. The third kappa shape index (κ3) is 4.40. The minimum absolute atomic E-state index is 0.0390. The van der Waals surface area contributed by atoms with Gasteiger partial charge in [0.2, 0.25) is 11.1 Å². The van der Waals surface area contributed by atoms with Crippen molar-refractivity contribution in [3.8, 4) is 0 Å². The number of amides is 1. The standard InChI is InChI=1S/C13H22N4O2S/c1-20(19)13-16-15-10-17(13)8-7-12(18)14-9-11-5-3-2-4-6-11/h10-11H,2-9H2,1H3,(H,14,18)/t20-/m0/s1. The Morgan fingerprint density at radius 3 is 2.90 bits per heavy atom. The minimum atomic E-state index is -1.17. The van der Waals surface area contributed by atoms with Crippen LogP contribution in [0.4, 0.5) is 0 Å². The van der Waals surface area contributed by atoms with Gasteiger partial charge in [-0.15, -0.1) is 10.2 Å². The van der Waals surface area contributed by atoms with Crippen LogP contribution in [0.25, 0.3) is 0 Å². The van der Waals surface area contributed by atoms with E-state index in [0.717, 1.165) is 6.54 Å². The predicted molar refractivity (Wildman–Crippen MR) is 76.6 cm³/mol. The maximum atomic E-state index is 11.8. The summed E-state index contributed by atoms with van der Waals surface area (Å²) in [7, 11) is -1.17. The Labute approximate surface area is 121 Å². The normalized spacial score (nSPS) is 17.9. The zero-order valence-corrected chi connectivity index (χ0v) is 12.7. The van der Waals surface area contributed by atoms with Gasteiger partial charge in [0.15, 0.2) is 0 Å². The molecule has 0 saturated heterocycles. The van der Waals surface area contributed by atoms with E-state index in [1.807, 2.05) is 0 Å². The van der Waals surface area contributed by atoms with Gasteiger partial charge in [0.1, 0.15) is 6.33 Å². The van der Waals surface area contributed by atoms with Crippen molar-refractivity contribution in [1.82, 2.24) is 20.1 Å². The maximum absolute atomic E-state index is 11.8. The average Bonchev–Trinajstić information content (AvgIpc) is 2.92. The fourth-order valence-electron chi connectivity index (χ4n) is 2.58. The zero-order valence-electron chi connectivity index (χ0n) is 11.9. The van der Waals surface area contributed by atoms with Crippen molar-refractivity contribution < 1.29 is 9.00 Å². The first-order valence-electron chi connectivity index (χ1n) is 7.14. The Kier molecular flexibility index (Phi) is 5.70. The summed E-state index contributed by atoms with van der Waals surface area (Å²) in [5.41, 5.74) is 0. The molecule has 1 aliphatic rings. The summed E-state index contributed by atoms with van der Waals surface area (Å²) in [6.07, 6.45) is 9.80. The van der Waals surface area contributed by atoms with Crippen molar-refractivity contribution in [2.45, 2.75) is 50.2 Å². The van der Waals surface area contributed by atoms with Gasteiger partial charge < -0.3 is 9.88 Å². The summed E-state index contributed by atoms with van der Waals surface area (Å²) < 4.78 is 13.1. The van der Waals surface area contributed by atoms with Gasteiger partial charge in [0, 0.05) is 25.8 Å². The number of carbonyl (C=O) groups excluding carboxylic acids is 1. The summed E-state index contributed by atoms with van der Waals surface area (Å²) in [6.45, 7) is 1.26. The number of carbonyl (C=O) groups is 1. The van der Waals surface area contributed by atoms with Gasteiger partial charge in [-0.05, 0) is 18.8 Å². The van der Waals surface area contributed by atoms with Crippen LogP contribution in [0.3, 0.4) is 0 Å². The summed E-state index contributed by atoms with van der Waals surface area (Å²) in [4.78, 5) is 11.8. The van der Waals surface area contributed by atoms with Crippen LogP contribution >= 0.6 is 0 Å². The van der Waals surface area contributed by atoms with Crippen molar-refractivity contribution in [2.24, 2.45) is 5.92 Å². The molecule has 20 heavy (non-hydrogen) atoms. The Balaban J connectivity index is 1.71. The largest absolute Gasteiger partial charge is 0.356 e. The quantitative estimate of drug-likeness (QED) is 0.853. The van der Waals surface area contributed by atoms with Crippen LogP contribution in [0.15, 0.2) is 11.5 Å². The molecule has 1 aromatic heterocycles. The molecular formula is C13H22N4O2S. The highest BCUT2D eigenvalue weighted by atomic mass is 32.2. The molecule has 0 radical (unpaired) electrons. The van der Waals surface area contributed by atoms with E-state index in [1.165, 1.54) is 38.4 Å². The lowest BCUT2D eigenvalue weighted by atomic mass is 9.89. The van der Waals surface area contributed by atoms with Crippen LogP contribution in [0.2, 0.25) is 0 Å². The Bertz CT molecular complexity index is 469. The van der Waals surface area contributed by atoms with Gasteiger partial charge in [-0.3, -0.25) is 9.00 Å². The van der Waals surface area contributed by atoms with Crippen LogP contribution in [0.5, 0.6) is 0 Å². The summed E-state index contributed by atoms with van der Waals surface area (Å²) in [6, 6.07) is 0. The molecular weight excluding hydrogens is 276 g/mol. The Hall–Kier alpha value is -1.24. The second-order valence-electron chi connectivity index (χ2n) is 5.32. The third-order valence-electron chi connectivity index (χ3n) is 3.73. The number of nitrogens with one attached hydrogen (secondary N) is 1. The van der Waals surface area contributed by atoms with Crippen molar-refractivity contribution in [3.63, 3.8) is 0 Å². The monoisotopic (exact) mass is 298 g/mol. The van der Waals surface area contributed by atoms with E-state index in [2.05, 4.69) is 15.5 Å². The maximum Gasteiger partial charge on any atom is 0.221 e. The van der Waals surface area contributed by atoms with E-state index in [0.29, 0.717) is 24.0 Å². The van der Waals surface area contributed by atoms with Gasteiger partial charge in [-0.2, -0.15) is 0 Å². The van der Waals surface area contributed by atoms with Gasteiger partial charge >= 0.3 is 0 Å². The highest BCUT2D eigenvalue weighted by molar-refractivity contribution is 7.84. The molecule has 2 rings (SSSR count). The van der Waals surface area contributed by atoms with E-state index < -0.39 is 10.8 Å². The molecule has 1 aromatic rings. The van der Waals surface area contributed by atoms with E-state index in [4.69, 9.17) is 0 Å². The van der Waals surface area contributed by atoms with Crippen molar-refractivity contribution in [2.75, 3.05) is 12.8 Å². The van der Waals surface area contributed by atoms with Crippen LogP contribution in [0.1, 0.15) is 38.5 Å². The molecule has 1 amide bonds. The SMILES string of the molecule is C[S@](=O)c1nncn1CCC(=O)NCC1CCCCC1. The van der Waals surface area contributed by atoms with E-state index in [1.54, 1.807) is 10.8 Å². The molecule has 0 aliphatic heterocycles. The average molecular weight is 298 g/mol. The van der Waals surface area contributed by atoms with Gasteiger partial charge in [0.25, 0.3) is 0 Å². The van der Waals surface area contributed by atoms with Crippen LogP contribution in [-0.2, 0) is 22.1 Å². The molecule has 1 heterocycles. The number of aromatic nitrogens is 3. The highest BCUT2D eigenvalue weighted by Gasteiger charge is 2.14. The first-order valence-corrected chi connectivity index (χ1v) is 8.70. The first kappa shape index (κ1) is 15.2. The van der Waals surface area contributed by atoms with Crippen LogP contribution in [-0.4, -0.2) is 37.7 Å². The molecule has 1 saturated carbocycles. The second-order valence-corrected chi connectivity index (χ2v) is 6.59. The molecule has 1 aliphatic carbocycles. The van der Waals surface area contributed by atoms with Crippen LogP contribution in [0, 0.1) is 5.92 Å². The molecule has 0 aromatic carbocycles. The molecule has 0 bridgehead atoms. The molecule has 0 unspecified atom stereocenters. The molecule has 7 heteroatoms. The lowest BCUT2D eigenvalue weighted by Gasteiger charge is -2.21. The molecule has 1 fully saturated rings. The summed E-state index contributed by atoms with van der Waals surface area (Å²) in [5, 5.41) is 10.9. The lowest BCUT2D eigenvalue weighted by Crippen LogP contribution is -2.30. The number of hydrogen-bond donors (Lipinski definition) is 1. The fraction of sp³-hybridized carbons (Fsp3) is 0.769. The van der Waals surface area contributed by atoms with Crippen LogP contribution < -0.4 is 5.32 Å². The van der Waals surface area contributed by atoms with Crippen molar-refractivity contribution >= 4 is 16.7 Å². The van der Waals surface area contributed by atoms with Gasteiger partial charge in [0.05, 0.1) is 10.8 Å². The smallest absolute Gasteiger partial charge is 0.221 e. The van der Waals surface area contributed by atoms with Crippen molar-refractivity contribution in [1.29, 1.82) is 0 Å². The Morgan fingerprint density at radius 1 is 1.45 bits per heavy atom. The molecule has 6 nitrogen and oxygen atoms in total. The van der Waals surface area contributed by atoms with E-state index in [-0.39, 0.29) is 5.91 Å². The third-order valence-corrected chi connectivity index (χ3v) is 4.56. The first-order chi connectivity index (χ1) is 9.66. The molecule has 1 N–H and O–H groups in total. The minimum Gasteiger partial charge on any atom is -0.356 e. The second kappa shape index (κ2) is 7.52. The van der Waals surface area contributed by atoms with Gasteiger partial charge in [-0.25, -0.2) is 0 Å². The number of nitrogens with zero attached hydrogens (tertiary/aromatic N) is 3. The topological polar surface area (TPSA) is 76.9 Å². The van der Waals surface area contributed by atoms with E-state index in [9.17, 15) is 9.00 Å². The fourth-order valence-corrected chi connectivity index (χ4v) is 3.21. The lowest BCUT2D eigenvalue weighted by molar-refractivity contribution is -0.121. The highest BCUT2D eigenvalue weighted by Crippen LogP contribution is 2.22. The number of hydrogen-bond acceptors (Lipinski definition) is 4. The predicted octanol–water partition coefficient (Wildman–Crippen LogP) is 1.10. The molecule has 1 atom stereocenters. The van der Waals surface area contributed by atoms with Gasteiger partial charge in [-0.1, -0.05) is 19.3 Å². The molecule has 0 spiro atoms. The number of rotatable bonds is 6. The van der Waals surface area contributed by atoms with Crippen molar-refractivity contribution in [3.05, 3.63) is 6.33 Å². The number of aryl methyl sites for hydroxylation is 1. The zero-order chi connectivity index (χ0) is 14.4.